The maximum absolute atomic E-state index is 11.2. The van der Waals surface area contributed by atoms with E-state index in [1.54, 1.807) is 12.1 Å². The fourth-order valence-electron chi connectivity index (χ4n) is 1.20. The van der Waals surface area contributed by atoms with Gasteiger partial charge in [-0.25, -0.2) is 4.79 Å². The van der Waals surface area contributed by atoms with Crippen molar-refractivity contribution in [3.8, 4) is 0 Å². The summed E-state index contributed by atoms with van der Waals surface area (Å²) in [5.41, 5.74) is 1.75. The van der Waals surface area contributed by atoms with Crippen molar-refractivity contribution in [2.45, 2.75) is 40.3 Å². The topological polar surface area (TPSA) is 38.3 Å². The molecule has 0 radical (unpaired) electrons. The van der Waals surface area contributed by atoms with Gasteiger partial charge in [0.2, 0.25) is 0 Å². The molecule has 0 fully saturated rings. The lowest BCUT2D eigenvalue weighted by atomic mass is 10.1. The number of hydrogen-bond donors (Lipinski definition) is 1. The molecule has 3 nitrogen and oxygen atoms in total. The van der Waals surface area contributed by atoms with Crippen molar-refractivity contribution >= 4 is 5.97 Å². The molecule has 0 aliphatic rings. The molecule has 3 heteroatoms. The number of hydrogen-bond acceptors (Lipinski definition) is 3. The molecular formula is C14H25NO2. The number of rotatable bonds is 4. The molecule has 0 bridgehead atoms. The summed E-state index contributed by atoms with van der Waals surface area (Å²) in [5, 5.41) is 3.31. The summed E-state index contributed by atoms with van der Waals surface area (Å²) in [6.07, 6.45) is 0. The Hall–Kier alpha value is -1.35. The lowest BCUT2D eigenvalue weighted by Gasteiger charge is -2.08. The highest BCUT2D eigenvalue weighted by Crippen LogP contribution is 2.05. The van der Waals surface area contributed by atoms with Crippen LogP contribution in [0.5, 0.6) is 0 Å². The first kappa shape index (κ1) is 15.7. The lowest BCUT2D eigenvalue weighted by molar-refractivity contribution is 0.0600. The Morgan fingerprint density at radius 2 is 1.82 bits per heavy atom. The van der Waals surface area contributed by atoms with E-state index in [4.69, 9.17) is 0 Å². The van der Waals surface area contributed by atoms with Crippen molar-refractivity contribution in [2.75, 3.05) is 7.11 Å². The minimum atomic E-state index is -0.293. The Morgan fingerprint density at radius 1 is 1.29 bits per heavy atom. The van der Waals surface area contributed by atoms with E-state index < -0.39 is 0 Å². The minimum absolute atomic E-state index is 0. The van der Waals surface area contributed by atoms with Gasteiger partial charge in [0.1, 0.15) is 0 Å². The molecule has 0 aromatic heterocycles. The van der Waals surface area contributed by atoms with Gasteiger partial charge < -0.3 is 10.1 Å². The minimum Gasteiger partial charge on any atom is -0.465 e. The summed E-state index contributed by atoms with van der Waals surface area (Å²) >= 11 is 0. The van der Waals surface area contributed by atoms with Crippen molar-refractivity contribution in [3.63, 3.8) is 0 Å². The van der Waals surface area contributed by atoms with Gasteiger partial charge in [0.05, 0.1) is 12.7 Å². The van der Waals surface area contributed by atoms with Crippen LogP contribution in [0.3, 0.4) is 0 Å². The third kappa shape index (κ3) is 6.07. The highest BCUT2D eigenvalue weighted by Gasteiger charge is 2.03. The van der Waals surface area contributed by atoms with Gasteiger partial charge in [0, 0.05) is 14.0 Å². The molecule has 0 unspecified atom stereocenters. The van der Waals surface area contributed by atoms with Crippen LogP contribution in [0.15, 0.2) is 24.3 Å². The van der Waals surface area contributed by atoms with Gasteiger partial charge in [0.15, 0.2) is 0 Å². The van der Waals surface area contributed by atoms with E-state index in [2.05, 4.69) is 23.9 Å². The van der Waals surface area contributed by atoms with Gasteiger partial charge in [-0.3, -0.25) is 0 Å². The molecule has 0 amide bonds. The third-order valence-corrected chi connectivity index (χ3v) is 2.09. The van der Waals surface area contributed by atoms with E-state index in [0.29, 0.717) is 11.6 Å². The van der Waals surface area contributed by atoms with Crippen LogP contribution < -0.4 is 5.32 Å². The van der Waals surface area contributed by atoms with E-state index in [1.807, 2.05) is 26.0 Å². The molecule has 1 aromatic carbocycles. The smallest absolute Gasteiger partial charge is 0.337 e. The molecule has 1 aromatic rings. The third-order valence-electron chi connectivity index (χ3n) is 2.09. The lowest BCUT2D eigenvalue weighted by Crippen LogP contribution is -2.21. The predicted octanol–water partition coefficient (Wildman–Crippen LogP) is 3.24. The van der Waals surface area contributed by atoms with Crippen LogP contribution in [0.2, 0.25) is 0 Å². The van der Waals surface area contributed by atoms with Crippen molar-refractivity contribution in [1.29, 1.82) is 0 Å². The Bertz CT molecular complexity index is 323. The standard InChI is InChI=1S/C12H17NO2.C2H6.H2/c1-9(2)13-8-10-4-6-11(7-5-10)12(14)15-3;1-2;/h4-7,9,13H,8H2,1-3H3;1-2H3;1H. The van der Waals surface area contributed by atoms with Crippen LogP contribution >= 0.6 is 0 Å². The van der Waals surface area contributed by atoms with Crippen molar-refractivity contribution in [3.05, 3.63) is 35.4 Å². The Labute approximate surface area is 106 Å². The molecule has 0 atom stereocenters. The zero-order valence-corrected chi connectivity index (χ0v) is 11.4. The van der Waals surface area contributed by atoms with E-state index in [0.717, 1.165) is 12.1 Å². The molecule has 17 heavy (non-hydrogen) atoms. The summed E-state index contributed by atoms with van der Waals surface area (Å²) < 4.78 is 4.62. The molecule has 1 N–H and O–H groups in total. The molecule has 0 aliphatic heterocycles. The van der Waals surface area contributed by atoms with Gasteiger partial charge in [-0.1, -0.05) is 39.8 Å². The number of nitrogens with one attached hydrogen (secondary N) is 1. The predicted molar refractivity (Wildman–Crippen MR) is 73.2 cm³/mol. The average molecular weight is 239 g/mol. The number of carbonyl (C=O) groups excluding carboxylic acids is 1. The van der Waals surface area contributed by atoms with Gasteiger partial charge in [0.25, 0.3) is 0 Å². The van der Waals surface area contributed by atoms with Gasteiger partial charge in [-0.05, 0) is 17.7 Å². The number of carbonyl (C=O) groups is 1. The summed E-state index contributed by atoms with van der Waals surface area (Å²) in [6.45, 7) is 9.02. The summed E-state index contributed by atoms with van der Waals surface area (Å²) in [7, 11) is 1.39. The van der Waals surface area contributed by atoms with Gasteiger partial charge in [-0.2, -0.15) is 0 Å². The number of ether oxygens (including phenoxy) is 1. The monoisotopic (exact) mass is 239 g/mol. The quantitative estimate of drug-likeness (QED) is 0.820. The second-order valence-electron chi connectivity index (χ2n) is 3.72. The van der Waals surface area contributed by atoms with Gasteiger partial charge >= 0.3 is 5.97 Å². The molecule has 98 valence electrons. The first-order valence-electron chi connectivity index (χ1n) is 6.04. The SMILES string of the molecule is CC.COC(=O)c1ccc(CNC(C)C)cc1.[HH]. The number of esters is 1. The van der Waals surface area contributed by atoms with Crippen LogP contribution in [0.1, 0.15) is 45.0 Å². The first-order valence-corrected chi connectivity index (χ1v) is 6.04. The molecule has 0 aliphatic carbocycles. The van der Waals surface area contributed by atoms with E-state index in [9.17, 15) is 4.79 Å². The van der Waals surface area contributed by atoms with E-state index >= 15 is 0 Å². The molecular weight excluding hydrogens is 214 g/mol. The second-order valence-corrected chi connectivity index (χ2v) is 3.72. The molecule has 1 rings (SSSR count). The maximum atomic E-state index is 11.2. The van der Waals surface area contributed by atoms with Crippen LogP contribution in [-0.2, 0) is 11.3 Å². The van der Waals surface area contributed by atoms with Crippen LogP contribution in [0.25, 0.3) is 0 Å². The summed E-state index contributed by atoms with van der Waals surface area (Å²) in [4.78, 5) is 11.2. The Balaban J connectivity index is 0. The van der Waals surface area contributed by atoms with Crippen LogP contribution in [-0.4, -0.2) is 19.1 Å². The van der Waals surface area contributed by atoms with Crippen molar-refractivity contribution < 1.29 is 11.0 Å². The normalized spacial score (nSPS) is 9.53. The fourth-order valence-corrected chi connectivity index (χ4v) is 1.20. The van der Waals surface area contributed by atoms with Crippen LogP contribution in [0.4, 0.5) is 0 Å². The molecule has 0 heterocycles. The Morgan fingerprint density at radius 3 is 2.24 bits per heavy atom. The summed E-state index contributed by atoms with van der Waals surface area (Å²) in [6, 6.07) is 7.89. The van der Waals surface area contributed by atoms with E-state index in [1.165, 1.54) is 7.11 Å². The Kier molecular flexibility index (Phi) is 8.07. The van der Waals surface area contributed by atoms with Crippen molar-refractivity contribution in [2.24, 2.45) is 0 Å². The highest BCUT2D eigenvalue weighted by molar-refractivity contribution is 5.89. The largest absolute Gasteiger partial charge is 0.465 e. The summed E-state index contributed by atoms with van der Waals surface area (Å²) in [5.74, 6) is -0.293. The zero-order valence-electron chi connectivity index (χ0n) is 11.4. The first-order chi connectivity index (χ1) is 8.13. The number of methoxy groups -OCH3 is 1. The second kappa shape index (κ2) is 8.76. The zero-order chi connectivity index (χ0) is 13.3. The number of benzene rings is 1. The van der Waals surface area contributed by atoms with Crippen molar-refractivity contribution in [1.82, 2.24) is 5.32 Å². The van der Waals surface area contributed by atoms with Crippen LogP contribution in [0, 0.1) is 0 Å². The molecule has 0 spiro atoms. The fraction of sp³-hybridized carbons (Fsp3) is 0.500. The molecule has 0 saturated heterocycles. The maximum Gasteiger partial charge on any atom is 0.337 e. The highest BCUT2D eigenvalue weighted by atomic mass is 16.5. The average Bonchev–Trinajstić information content (AvgIpc) is 2.38. The van der Waals surface area contributed by atoms with E-state index in [-0.39, 0.29) is 7.40 Å². The molecule has 0 saturated carbocycles. The van der Waals surface area contributed by atoms with Gasteiger partial charge in [-0.15, -0.1) is 0 Å².